The molecular formula is C36H51Sn. The molecule has 0 aliphatic rings. The molecule has 0 saturated heterocycles. The first-order valence-corrected chi connectivity index (χ1v) is 19.5. The second kappa shape index (κ2) is 14.0. The molecule has 0 heterocycles. The summed E-state index contributed by atoms with van der Waals surface area (Å²) < 4.78 is 5.39. The molecule has 1 radical (unpaired) electrons. The van der Waals surface area contributed by atoms with Gasteiger partial charge in [0.25, 0.3) is 0 Å². The first-order chi connectivity index (χ1) is 17.9. The second-order valence-electron chi connectivity index (χ2n) is 10.4. The number of benzene rings is 3. The van der Waals surface area contributed by atoms with Crippen LogP contribution in [-0.2, 0) is 57.8 Å². The molecule has 3 aromatic rings. The van der Waals surface area contributed by atoms with Crippen LogP contribution >= 0.6 is 0 Å². The molecule has 0 aromatic heterocycles. The normalized spacial score (nSPS) is 11.5. The van der Waals surface area contributed by atoms with Crippen LogP contribution < -0.4 is 10.7 Å². The summed E-state index contributed by atoms with van der Waals surface area (Å²) in [6.07, 6.45) is 10.2. The second-order valence-corrected chi connectivity index (χ2v) is 16.8. The third kappa shape index (κ3) is 6.21. The molecule has 0 fully saturated rings. The molecule has 0 N–H and O–H groups in total. The summed E-state index contributed by atoms with van der Waals surface area (Å²) >= 11 is -2.59. The van der Waals surface area contributed by atoms with Crippen molar-refractivity contribution < 1.29 is 0 Å². The van der Waals surface area contributed by atoms with Gasteiger partial charge in [-0.3, -0.25) is 0 Å². The fraction of sp³-hybridized carbons (Fsp3) is 0.500. The van der Waals surface area contributed by atoms with Gasteiger partial charge in [0, 0.05) is 0 Å². The van der Waals surface area contributed by atoms with Crippen molar-refractivity contribution in [3.63, 3.8) is 0 Å². The number of hydrogen-bond acceptors (Lipinski definition) is 0. The Morgan fingerprint density at radius 3 is 0.649 bits per heavy atom. The van der Waals surface area contributed by atoms with Gasteiger partial charge in [-0.2, -0.15) is 0 Å². The fourth-order valence-corrected chi connectivity index (χ4v) is 18.0. The van der Waals surface area contributed by atoms with Gasteiger partial charge in [0.1, 0.15) is 0 Å². The third-order valence-corrected chi connectivity index (χ3v) is 18.1. The van der Waals surface area contributed by atoms with Gasteiger partial charge >= 0.3 is 237 Å². The van der Waals surface area contributed by atoms with Crippen LogP contribution in [0.4, 0.5) is 0 Å². The zero-order valence-electron chi connectivity index (χ0n) is 25.3. The molecular weight excluding hydrogens is 551 g/mol. The average Bonchev–Trinajstić information content (AvgIpc) is 2.96. The van der Waals surface area contributed by atoms with Crippen molar-refractivity contribution in [3.05, 3.63) is 86.5 Å². The van der Waals surface area contributed by atoms with Gasteiger partial charge in [0.05, 0.1) is 0 Å². The van der Waals surface area contributed by atoms with E-state index in [-0.39, 0.29) is 0 Å². The van der Waals surface area contributed by atoms with Crippen molar-refractivity contribution in [3.8, 4) is 0 Å². The molecule has 199 valence electrons. The van der Waals surface area contributed by atoms with E-state index in [0.717, 1.165) is 57.8 Å². The number of aryl methyl sites for hydroxylation is 9. The monoisotopic (exact) mass is 603 g/mol. The summed E-state index contributed by atoms with van der Waals surface area (Å²) in [5, 5.41) is 0. The molecule has 1 heteroatoms. The summed E-state index contributed by atoms with van der Waals surface area (Å²) in [5.74, 6) is 0. The van der Waals surface area contributed by atoms with Crippen LogP contribution in [0.15, 0.2) is 36.4 Å². The van der Waals surface area contributed by atoms with Crippen molar-refractivity contribution in [2.45, 2.75) is 120 Å². The zero-order chi connectivity index (χ0) is 27.1. The Morgan fingerprint density at radius 1 is 0.324 bits per heavy atom. The van der Waals surface area contributed by atoms with Gasteiger partial charge in [-0.15, -0.1) is 0 Å². The summed E-state index contributed by atoms with van der Waals surface area (Å²) in [7, 11) is 0. The Morgan fingerprint density at radius 2 is 0.514 bits per heavy atom. The fourth-order valence-electron chi connectivity index (χ4n) is 6.14. The van der Waals surface area contributed by atoms with Crippen molar-refractivity contribution in [2.75, 3.05) is 0 Å². The van der Waals surface area contributed by atoms with Crippen LogP contribution in [0.5, 0.6) is 0 Å². The minimum atomic E-state index is -2.59. The Labute approximate surface area is 236 Å². The van der Waals surface area contributed by atoms with E-state index >= 15 is 0 Å². The first kappa shape index (κ1) is 30.0. The van der Waals surface area contributed by atoms with Crippen molar-refractivity contribution >= 4 is 30.5 Å². The Balaban J connectivity index is 2.59. The van der Waals surface area contributed by atoms with Crippen LogP contribution in [0, 0.1) is 0 Å². The molecule has 0 amide bonds. The van der Waals surface area contributed by atoms with Gasteiger partial charge in [-0.25, -0.2) is 0 Å². The average molecular weight is 603 g/mol. The van der Waals surface area contributed by atoms with Crippen LogP contribution in [0.2, 0.25) is 0 Å². The molecule has 0 aliphatic heterocycles. The molecule has 3 rings (SSSR count). The Kier molecular flexibility index (Phi) is 11.4. The molecule has 0 bridgehead atoms. The minimum absolute atomic E-state index is 1.12. The third-order valence-electron chi connectivity index (χ3n) is 8.34. The van der Waals surface area contributed by atoms with E-state index in [4.69, 9.17) is 0 Å². The van der Waals surface area contributed by atoms with E-state index < -0.39 is 19.8 Å². The van der Waals surface area contributed by atoms with E-state index in [1.54, 1.807) is 44.1 Å². The van der Waals surface area contributed by atoms with Gasteiger partial charge in [0.2, 0.25) is 0 Å². The van der Waals surface area contributed by atoms with E-state index in [1.807, 2.05) is 0 Å². The van der Waals surface area contributed by atoms with Crippen molar-refractivity contribution in [1.29, 1.82) is 0 Å². The van der Waals surface area contributed by atoms with Crippen LogP contribution in [0.25, 0.3) is 0 Å². The van der Waals surface area contributed by atoms with E-state index in [9.17, 15) is 0 Å². The Hall–Kier alpha value is -1.54. The van der Waals surface area contributed by atoms with Gasteiger partial charge in [-0.05, 0) is 0 Å². The zero-order valence-corrected chi connectivity index (χ0v) is 28.2. The van der Waals surface area contributed by atoms with E-state index in [0.29, 0.717) is 0 Å². The molecule has 37 heavy (non-hydrogen) atoms. The maximum atomic E-state index is 2.57. The predicted molar refractivity (Wildman–Crippen MR) is 168 cm³/mol. The molecule has 0 unspecified atom stereocenters. The maximum absolute atomic E-state index is 2.59. The molecule has 0 spiro atoms. The van der Waals surface area contributed by atoms with E-state index in [1.165, 1.54) is 16.7 Å². The number of rotatable bonds is 12. The first-order valence-electron chi connectivity index (χ1n) is 15.3. The SMILES string of the molecule is CCc1cc(CC)[c]([Sn]([c]2c(CC)cc(CC)cc2CC)[c]2c(CC)cc(CC)cc2CC)c(CC)c1. The Bertz CT molecular complexity index is 973. The van der Waals surface area contributed by atoms with Crippen LogP contribution in [0.1, 0.15) is 112 Å². The molecule has 0 atom stereocenters. The summed E-state index contributed by atoms with van der Waals surface area (Å²) in [6.45, 7) is 21.3. The van der Waals surface area contributed by atoms with Gasteiger partial charge in [-0.1, -0.05) is 0 Å². The van der Waals surface area contributed by atoms with Gasteiger partial charge in [0.15, 0.2) is 0 Å². The van der Waals surface area contributed by atoms with Crippen LogP contribution in [0.3, 0.4) is 0 Å². The van der Waals surface area contributed by atoms with Gasteiger partial charge < -0.3 is 0 Å². The topological polar surface area (TPSA) is 0 Å². The summed E-state index contributed by atoms with van der Waals surface area (Å²) in [6, 6.07) is 15.4. The van der Waals surface area contributed by atoms with Crippen molar-refractivity contribution in [2.24, 2.45) is 0 Å². The molecule has 0 nitrogen and oxygen atoms in total. The van der Waals surface area contributed by atoms with Crippen LogP contribution in [-0.4, -0.2) is 19.8 Å². The standard InChI is InChI=1S/3C12H17.Sn/c3*1-4-10-7-11(5-2)9-12(6-3)8-10;/h3*7-8H,4-6H2,1-3H3;. The number of hydrogen-bond donors (Lipinski definition) is 0. The predicted octanol–water partition coefficient (Wildman–Crippen LogP) is 7.26. The molecule has 0 saturated carbocycles. The molecule has 3 aromatic carbocycles. The van der Waals surface area contributed by atoms with Crippen molar-refractivity contribution in [1.82, 2.24) is 0 Å². The quantitative estimate of drug-likeness (QED) is 0.192. The summed E-state index contributed by atoms with van der Waals surface area (Å²) in [5.41, 5.74) is 14.4. The molecule has 0 aliphatic carbocycles. The summed E-state index contributed by atoms with van der Waals surface area (Å²) in [4.78, 5) is 0. The van der Waals surface area contributed by atoms with E-state index in [2.05, 4.69) is 98.7 Å².